The first kappa shape index (κ1) is 16.5. The second kappa shape index (κ2) is 6.51. The number of hydrogen-bond acceptors (Lipinski definition) is 3. The molecule has 5 heteroatoms. The van der Waals surface area contributed by atoms with Crippen molar-refractivity contribution in [2.45, 2.75) is 18.6 Å². The Hall–Kier alpha value is -2.63. The van der Waals surface area contributed by atoms with Crippen molar-refractivity contribution in [3.8, 4) is 11.3 Å². The predicted octanol–water partition coefficient (Wildman–Crippen LogP) is 4.12. The van der Waals surface area contributed by atoms with Crippen molar-refractivity contribution in [2.75, 3.05) is 26.3 Å². The van der Waals surface area contributed by atoms with E-state index in [-0.39, 0.29) is 6.03 Å². The SMILES string of the molecule is O=C(N1CCC2(CC1)OCCO2)n1c(-c2ccccc2)cc2ccccc21. The molecule has 0 aliphatic carbocycles. The fourth-order valence-electron chi connectivity index (χ4n) is 4.15. The van der Waals surface area contributed by atoms with E-state index in [2.05, 4.69) is 12.1 Å². The molecule has 3 aromatic rings. The van der Waals surface area contributed by atoms with Crippen LogP contribution in [0.5, 0.6) is 0 Å². The molecule has 3 heterocycles. The average Bonchev–Trinajstić information content (AvgIpc) is 3.33. The van der Waals surface area contributed by atoms with Crippen LogP contribution in [-0.2, 0) is 9.47 Å². The molecule has 0 atom stereocenters. The lowest BCUT2D eigenvalue weighted by molar-refractivity contribution is -0.181. The van der Waals surface area contributed by atoms with Gasteiger partial charge in [0.1, 0.15) is 0 Å². The van der Waals surface area contributed by atoms with Gasteiger partial charge in [-0.05, 0) is 17.7 Å². The topological polar surface area (TPSA) is 43.7 Å². The van der Waals surface area contributed by atoms with Crippen LogP contribution in [0.4, 0.5) is 4.79 Å². The van der Waals surface area contributed by atoms with Crippen molar-refractivity contribution in [2.24, 2.45) is 0 Å². The van der Waals surface area contributed by atoms with E-state index in [1.165, 1.54) is 0 Å². The Bertz CT molecular complexity index is 964. The molecular weight excluding hydrogens is 340 g/mol. The monoisotopic (exact) mass is 362 g/mol. The molecule has 5 nitrogen and oxygen atoms in total. The minimum absolute atomic E-state index is 0.0166. The fraction of sp³-hybridized carbons (Fsp3) is 0.318. The third kappa shape index (κ3) is 2.83. The Balaban J connectivity index is 1.51. The highest BCUT2D eigenvalue weighted by Gasteiger charge is 2.41. The maximum Gasteiger partial charge on any atom is 0.329 e. The number of fused-ring (bicyclic) bond motifs is 1. The van der Waals surface area contributed by atoms with Gasteiger partial charge < -0.3 is 14.4 Å². The summed E-state index contributed by atoms with van der Waals surface area (Å²) in [4.78, 5) is 15.4. The van der Waals surface area contributed by atoms with E-state index >= 15 is 0 Å². The third-order valence-electron chi connectivity index (χ3n) is 5.58. The zero-order chi connectivity index (χ0) is 18.3. The van der Waals surface area contributed by atoms with E-state index in [1.54, 1.807) is 0 Å². The van der Waals surface area contributed by atoms with Crippen LogP contribution in [0.15, 0.2) is 60.7 Å². The zero-order valence-electron chi connectivity index (χ0n) is 15.1. The molecule has 0 N–H and O–H groups in total. The average molecular weight is 362 g/mol. The van der Waals surface area contributed by atoms with Crippen LogP contribution in [0.25, 0.3) is 22.2 Å². The minimum atomic E-state index is -0.474. The molecule has 2 aromatic carbocycles. The first-order chi connectivity index (χ1) is 13.3. The first-order valence-electron chi connectivity index (χ1n) is 9.49. The molecule has 0 bridgehead atoms. The maximum atomic E-state index is 13.5. The van der Waals surface area contributed by atoms with E-state index in [0.717, 1.165) is 35.0 Å². The highest BCUT2D eigenvalue weighted by atomic mass is 16.7. The summed E-state index contributed by atoms with van der Waals surface area (Å²) in [6.07, 6.45) is 1.44. The molecule has 2 fully saturated rings. The van der Waals surface area contributed by atoms with Crippen LogP contribution in [0.1, 0.15) is 12.8 Å². The number of piperidine rings is 1. The summed E-state index contributed by atoms with van der Waals surface area (Å²) in [6, 6.07) is 20.2. The summed E-state index contributed by atoms with van der Waals surface area (Å²) in [6.45, 7) is 2.57. The molecule has 2 saturated heterocycles. The van der Waals surface area contributed by atoms with E-state index in [1.807, 2.05) is 58.0 Å². The normalized spacial score (nSPS) is 19.0. The lowest BCUT2D eigenvalue weighted by Gasteiger charge is -2.37. The molecule has 2 aliphatic rings. The quantitative estimate of drug-likeness (QED) is 0.654. The number of carbonyl (C=O) groups is 1. The number of nitrogens with zero attached hydrogens (tertiary/aromatic N) is 2. The zero-order valence-corrected chi connectivity index (χ0v) is 15.1. The summed E-state index contributed by atoms with van der Waals surface area (Å²) in [5, 5.41) is 1.07. The number of likely N-dealkylation sites (tertiary alicyclic amines) is 1. The third-order valence-corrected chi connectivity index (χ3v) is 5.58. The number of para-hydroxylation sites is 1. The highest BCUT2D eigenvalue weighted by Crippen LogP contribution is 2.33. The Morgan fingerprint density at radius 1 is 0.889 bits per heavy atom. The second-order valence-electron chi connectivity index (χ2n) is 7.17. The van der Waals surface area contributed by atoms with Gasteiger partial charge in [-0.3, -0.25) is 4.57 Å². The summed E-state index contributed by atoms with van der Waals surface area (Å²) in [7, 11) is 0. The van der Waals surface area contributed by atoms with Gasteiger partial charge in [-0.25, -0.2) is 4.79 Å². The van der Waals surface area contributed by atoms with Crippen molar-refractivity contribution in [1.82, 2.24) is 9.47 Å². The number of benzene rings is 2. The molecule has 0 saturated carbocycles. The number of carbonyl (C=O) groups excluding carboxylic acids is 1. The van der Waals surface area contributed by atoms with Gasteiger partial charge in [-0.15, -0.1) is 0 Å². The van der Waals surface area contributed by atoms with Gasteiger partial charge in [0.15, 0.2) is 5.79 Å². The Kier molecular flexibility index (Phi) is 3.99. The largest absolute Gasteiger partial charge is 0.347 e. The fourth-order valence-corrected chi connectivity index (χ4v) is 4.15. The van der Waals surface area contributed by atoms with Crippen molar-refractivity contribution in [3.63, 3.8) is 0 Å². The van der Waals surface area contributed by atoms with Gasteiger partial charge in [-0.2, -0.15) is 0 Å². The Morgan fingerprint density at radius 3 is 2.30 bits per heavy atom. The van der Waals surface area contributed by atoms with Gasteiger partial charge in [0.2, 0.25) is 0 Å². The van der Waals surface area contributed by atoms with Crippen LogP contribution in [0.3, 0.4) is 0 Å². The smallest absolute Gasteiger partial charge is 0.329 e. The van der Waals surface area contributed by atoms with Crippen molar-refractivity contribution in [1.29, 1.82) is 0 Å². The van der Waals surface area contributed by atoms with E-state index < -0.39 is 5.79 Å². The van der Waals surface area contributed by atoms with Crippen molar-refractivity contribution in [3.05, 3.63) is 60.7 Å². The van der Waals surface area contributed by atoms with Crippen LogP contribution in [0, 0.1) is 0 Å². The van der Waals surface area contributed by atoms with Crippen molar-refractivity contribution < 1.29 is 14.3 Å². The van der Waals surface area contributed by atoms with Gasteiger partial charge >= 0.3 is 6.03 Å². The molecule has 5 rings (SSSR count). The Morgan fingerprint density at radius 2 is 1.56 bits per heavy atom. The van der Waals surface area contributed by atoms with Gasteiger partial charge in [0.05, 0.1) is 24.4 Å². The number of amides is 1. The number of ether oxygens (including phenoxy) is 2. The molecule has 27 heavy (non-hydrogen) atoms. The first-order valence-corrected chi connectivity index (χ1v) is 9.49. The predicted molar refractivity (Wildman–Crippen MR) is 104 cm³/mol. The van der Waals surface area contributed by atoms with E-state index in [9.17, 15) is 4.79 Å². The van der Waals surface area contributed by atoms with Crippen LogP contribution >= 0.6 is 0 Å². The molecule has 0 unspecified atom stereocenters. The summed E-state index contributed by atoms with van der Waals surface area (Å²) >= 11 is 0. The summed E-state index contributed by atoms with van der Waals surface area (Å²) in [5.41, 5.74) is 2.91. The van der Waals surface area contributed by atoms with Crippen molar-refractivity contribution >= 4 is 16.9 Å². The van der Waals surface area contributed by atoms with Gasteiger partial charge in [0.25, 0.3) is 0 Å². The lowest BCUT2D eigenvalue weighted by Crippen LogP contribution is -2.48. The molecule has 1 aromatic heterocycles. The van der Waals surface area contributed by atoms with Crippen LogP contribution in [0.2, 0.25) is 0 Å². The summed E-state index contributed by atoms with van der Waals surface area (Å²) < 4.78 is 13.4. The minimum Gasteiger partial charge on any atom is -0.347 e. The molecular formula is C22H22N2O3. The van der Waals surface area contributed by atoms with Crippen LogP contribution in [-0.4, -0.2) is 47.6 Å². The number of aromatic nitrogens is 1. The highest BCUT2D eigenvalue weighted by molar-refractivity contribution is 5.97. The Labute approximate surface area is 158 Å². The second-order valence-corrected chi connectivity index (χ2v) is 7.17. The standard InChI is InChI=1S/C22H22N2O3/c25-21(23-12-10-22(11-13-23)26-14-15-27-22)24-19-9-5-4-8-18(19)16-20(24)17-6-2-1-3-7-17/h1-9,16H,10-15H2. The molecule has 0 radical (unpaired) electrons. The van der Waals surface area contributed by atoms with E-state index in [4.69, 9.17) is 9.47 Å². The van der Waals surface area contributed by atoms with Gasteiger partial charge in [0, 0.05) is 31.3 Å². The molecule has 1 amide bonds. The summed E-state index contributed by atoms with van der Waals surface area (Å²) in [5.74, 6) is -0.474. The van der Waals surface area contributed by atoms with E-state index in [0.29, 0.717) is 26.3 Å². The van der Waals surface area contributed by atoms with Gasteiger partial charge in [-0.1, -0.05) is 48.5 Å². The maximum absolute atomic E-state index is 13.5. The van der Waals surface area contributed by atoms with Crippen LogP contribution < -0.4 is 0 Å². The molecule has 2 aliphatic heterocycles. The molecule has 1 spiro atoms. The number of rotatable bonds is 1. The number of hydrogen-bond donors (Lipinski definition) is 0. The lowest BCUT2D eigenvalue weighted by atomic mass is 10.0. The molecule has 138 valence electrons.